The van der Waals surface area contributed by atoms with Crippen LogP contribution in [0.2, 0.25) is 10.0 Å². The van der Waals surface area contributed by atoms with Crippen LogP contribution in [-0.4, -0.2) is 4.98 Å². The van der Waals surface area contributed by atoms with Crippen molar-refractivity contribution in [3.8, 4) is 11.6 Å². The van der Waals surface area contributed by atoms with E-state index in [9.17, 15) is 0 Å². The maximum Gasteiger partial charge on any atom is 0.219 e. The maximum absolute atomic E-state index is 5.94. The molecule has 0 saturated heterocycles. The molecule has 0 atom stereocenters. The molecule has 1 heterocycles. The summed E-state index contributed by atoms with van der Waals surface area (Å²) in [5.74, 6) is 1.12. The molecule has 94 valence electrons. The van der Waals surface area contributed by atoms with Crippen LogP contribution in [0.15, 0.2) is 30.3 Å². The second kappa shape index (κ2) is 5.57. The predicted molar refractivity (Wildman–Crippen MR) is 73.4 cm³/mol. The van der Waals surface area contributed by atoms with E-state index >= 15 is 0 Å². The summed E-state index contributed by atoms with van der Waals surface area (Å²) in [6.45, 7) is 2.20. The van der Waals surface area contributed by atoms with Crippen molar-refractivity contribution in [2.24, 2.45) is 5.73 Å². The number of nitrogens with zero attached hydrogens (tertiary/aromatic N) is 1. The van der Waals surface area contributed by atoms with E-state index in [-0.39, 0.29) is 6.54 Å². The number of ether oxygens (including phenoxy) is 1. The fourth-order valence-corrected chi connectivity index (χ4v) is 1.81. The number of nitrogens with two attached hydrogens (primary N) is 1. The summed E-state index contributed by atoms with van der Waals surface area (Å²) in [5, 5.41) is 1.15. The van der Waals surface area contributed by atoms with E-state index < -0.39 is 0 Å². The highest BCUT2D eigenvalue weighted by Crippen LogP contribution is 2.28. The lowest BCUT2D eigenvalue weighted by Crippen LogP contribution is -2.01. The fourth-order valence-electron chi connectivity index (χ4n) is 1.46. The average Bonchev–Trinajstić information content (AvgIpc) is 2.36. The summed E-state index contributed by atoms with van der Waals surface area (Å²) in [7, 11) is 0. The van der Waals surface area contributed by atoms with E-state index in [1.54, 1.807) is 18.2 Å². The van der Waals surface area contributed by atoms with Gasteiger partial charge >= 0.3 is 0 Å². The Morgan fingerprint density at radius 1 is 1.22 bits per heavy atom. The number of aryl methyl sites for hydroxylation is 1. The van der Waals surface area contributed by atoms with Gasteiger partial charge in [-0.15, -0.1) is 0 Å². The van der Waals surface area contributed by atoms with Gasteiger partial charge in [-0.2, -0.15) is 0 Å². The Morgan fingerprint density at radius 2 is 2.00 bits per heavy atom. The molecule has 0 spiro atoms. The normalized spacial score (nSPS) is 10.4. The van der Waals surface area contributed by atoms with Crippen molar-refractivity contribution in [2.45, 2.75) is 13.5 Å². The molecule has 0 radical (unpaired) electrons. The van der Waals surface area contributed by atoms with Crippen LogP contribution in [0.25, 0.3) is 0 Å². The van der Waals surface area contributed by atoms with Gasteiger partial charge in [0.25, 0.3) is 0 Å². The van der Waals surface area contributed by atoms with Crippen LogP contribution >= 0.6 is 23.2 Å². The quantitative estimate of drug-likeness (QED) is 0.927. The fraction of sp³-hybridized carbons (Fsp3) is 0.154. The van der Waals surface area contributed by atoms with Gasteiger partial charge in [0, 0.05) is 17.6 Å². The first kappa shape index (κ1) is 13.1. The van der Waals surface area contributed by atoms with Crippen LogP contribution in [0.3, 0.4) is 0 Å². The largest absolute Gasteiger partial charge is 0.439 e. The standard InChI is InChI=1S/C13H12Cl2N2O/c1-8-2-3-9(14)6-12(8)18-13-5-4-10(15)11(7-16)17-13/h2-6H,7,16H2,1H3. The molecule has 0 aliphatic rings. The Kier molecular flexibility index (Phi) is 4.07. The lowest BCUT2D eigenvalue weighted by Gasteiger charge is -2.09. The van der Waals surface area contributed by atoms with Crippen LogP contribution in [0.4, 0.5) is 0 Å². The molecule has 0 fully saturated rings. The third kappa shape index (κ3) is 2.93. The van der Waals surface area contributed by atoms with Gasteiger partial charge in [-0.1, -0.05) is 29.3 Å². The molecule has 2 N–H and O–H groups in total. The monoisotopic (exact) mass is 282 g/mol. The van der Waals surface area contributed by atoms with Crippen molar-refractivity contribution in [3.63, 3.8) is 0 Å². The zero-order valence-electron chi connectivity index (χ0n) is 9.78. The number of halogens is 2. The van der Waals surface area contributed by atoms with Crippen molar-refractivity contribution in [2.75, 3.05) is 0 Å². The van der Waals surface area contributed by atoms with Crippen LogP contribution < -0.4 is 10.5 Å². The van der Waals surface area contributed by atoms with Crippen molar-refractivity contribution < 1.29 is 4.74 Å². The van der Waals surface area contributed by atoms with Crippen LogP contribution in [0, 0.1) is 6.92 Å². The topological polar surface area (TPSA) is 48.1 Å². The molecular weight excluding hydrogens is 271 g/mol. The smallest absolute Gasteiger partial charge is 0.219 e. The van der Waals surface area contributed by atoms with E-state index in [1.807, 2.05) is 19.1 Å². The minimum absolute atomic E-state index is 0.268. The van der Waals surface area contributed by atoms with Crippen LogP contribution in [-0.2, 0) is 6.54 Å². The van der Waals surface area contributed by atoms with Crippen LogP contribution in [0.1, 0.15) is 11.3 Å². The zero-order valence-corrected chi connectivity index (χ0v) is 11.3. The Labute approximate surface area is 115 Å². The molecule has 0 bridgehead atoms. The van der Waals surface area contributed by atoms with Gasteiger partial charge in [0.15, 0.2) is 0 Å². The van der Waals surface area contributed by atoms with Gasteiger partial charge in [-0.25, -0.2) is 4.98 Å². The molecule has 2 rings (SSSR count). The van der Waals surface area contributed by atoms with Crippen molar-refractivity contribution in [1.82, 2.24) is 4.98 Å². The summed E-state index contributed by atoms with van der Waals surface area (Å²) in [6, 6.07) is 8.85. The summed E-state index contributed by atoms with van der Waals surface area (Å²) in [4.78, 5) is 4.23. The van der Waals surface area contributed by atoms with Gasteiger partial charge in [-0.3, -0.25) is 0 Å². The molecule has 5 heteroatoms. The highest BCUT2D eigenvalue weighted by atomic mass is 35.5. The van der Waals surface area contributed by atoms with Gasteiger partial charge in [0.2, 0.25) is 5.88 Å². The third-order valence-electron chi connectivity index (χ3n) is 2.45. The molecule has 1 aromatic carbocycles. The summed E-state index contributed by atoms with van der Waals surface area (Å²) in [5.41, 5.74) is 7.13. The minimum Gasteiger partial charge on any atom is -0.439 e. The Balaban J connectivity index is 2.31. The Bertz CT molecular complexity index is 573. The third-order valence-corrected chi connectivity index (χ3v) is 3.03. The molecule has 0 unspecified atom stereocenters. The summed E-state index contributed by atoms with van der Waals surface area (Å²) in [6.07, 6.45) is 0. The summed E-state index contributed by atoms with van der Waals surface area (Å²) >= 11 is 11.9. The van der Waals surface area contributed by atoms with Crippen molar-refractivity contribution in [1.29, 1.82) is 0 Å². The molecule has 0 saturated carbocycles. The van der Waals surface area contributed by atoms with Gasteiger partial charge in [-0.05, 0) is 30.7 Å². The van der Waals surface area contributed by atoms with E-state index in [1.165, 1.54) is 0 Å². The lowest BCUT2D eigenvalue weighted by atomic mass is 10.2. The molecule has 1 aromatic heterocycles. The van der Waals surface area contributed by atoms with E-state index in [0.717, 1.165) is 5.56 Å². The average molecular weight is 283 g/mol. The van der Waals surface area contributed by atoms with E-state index in [4.69, 9.17) is 33.7 Å². The number of hydrogen-bond acceptors (Lipinski definition) is 3. The number of pyridine rings is 1. The zero-order chi connectivity index (χ0) is 13.1. The molecule has 18 heavy (non-hydrogen) atoms. The van der Waals surface area contributed by atoms with E-state index in [0.29, 0.717) is 27.4 Å². The highest BCUT2D eigenvalue weighted by molar-refractivity contribution is 6.31. The number of benzene rings is 1. The molecule has 3 nitrogen and oxygen atoms in total. The SMILES string of the molecule is Cc1ccc(Cl)cc1Oc1ccc(Cl)c(CN)n1. The first-order valence-corrected chi connectivity index (χ1v) is 6.15. The van der Waals surface area contributed by atoms with Crippen molar-refractivity contribution >= 4 is 23.2 Å². The van der Waals surface area contributed by atoms with Gasteiger partial charge < -0.3 is 10.5 Å². The summed E-state index contributed by atoms with van der Waals surface area (Å²) < 4.78 is 5.68. The van der Waals surface area contributed by atoms with Gasteiger partial charge in [0.05, 0.1) is 10.7 Å². The first-order valence-electron chi connectivity index (χ1n) is 5.39. The highest BCUT2D eigenvalue weighted by Gasteiger charge is 2.06. The Morgan fingerprint density at radius 3 is 2.72 bits per heavy atom. The van der Waals surface area contributed by atoms with Crippen LogP contribution in [0.5, 0.6) is 11.6 Å². The molecular formula is C13H12Cl2N2O. The molecule has 0 aliphatic carbocycles. The number of aromatic nitrogens is 1. The maximum atomic E-state index is 5.94. The number of hydrogen-bond donors (Lipinski definition) is 1. The van der Waals surface area contributed by atoms with Gasteiger partial charge in [0.1, 0.15) is 5.75 Å². The molecule has 0 amide bonds. The Hall–Kier alpha value is -1.29. The number of rotatable bonds is 3. The second-order valence-corrected chi connectivity index (χ2v) is 4.64. The second-order valence-electron chi connectivity index (χ2n) is 3.79. The van der Waals surface area contributed by atoms with E-state index in [2.05, 4.69) is 4.98 Å². The first-order chi connectivity index (χ1) is 8.60. The minimum atomic E-state index is 0.268. The molecule has 0 aliphatic heterocycles. The van der Waals surface area contributed by atoms with Crippen molar-refractivity contribution in [3.05, 3.63) is 51.6 Å². The predicted octanol–water partition coefficient (Wildman–Crippen LogP) is 3.95. The lowest BCUT2D eigenvalue weighted by molar-refractivity contribution is 0.457. The molecule has 2 aromatic rings.